The Bertz CT molecular complexity index is 644. The molecule has 2 amide bonds. The number of nitrogens with one attached hydrogen (secondary N) is 1. The largest absolute Gasteiger partial charge is 0.359 e. The minimum Gasteiger partial charge on any atom is -0.359 e. The first-order valence-electron chi connectivity index (χ1n) is 6.67. The molecule has 0 unspecified atom stereocenters. The van der Waals surface area contributed by atoms with Gasteiger partial charge in [0, 0.05) is 33.2 Å². The standard InChI is InChI=1S/C12H18N4O4S2/c1-13-11(17)9-6-15(12(18)10-5-14-8-21-10)3-4-16(7-9)22(2,19)20/h5,8-9H,3-4,6-7H2,1-2H3,(H,13,17)/t9-/m1/s1. The molecule has 1 N–H and O–H groups in total. The zero-order valence-electron chi connectivity index (χ0n) is 12.4. The van der Waals surface area contributed by atoms with Crippen LogP contribution >= 0.6 is 11.3 Å². The molecule has 0 aliphatic carbocycles. The summed E-state index contributed by atoms with van der Waals surface area (Å²) in [5, 5.41) is 2.52. The van der Waals surface area contributed by atoms with E-state index in [1.165, 1.54) is 33.8 Å². The highest BCUT2D eigenvalue weighted by Crippen LogP contribution is 2.17. The van der Waals surface area contributed by atoms with Crippen molar-refractivity contribution in [2.45, 2.75) is 0 Å². The lowest BCUT2D eigenvalue weighted by Gasteiger charge is -2.22. The van der Waals surface area contributed by atoms with Crippen molar-refractivity contribution < 1.29 is 18.0 Å². The highest BCUT2D eigenvalue weighted by Gasteiger charge is 2.33. The molecule has 122 valence electrons. The summed E-state index contributed by atoms with van der Waals surface area (Å²) in [7, 11) is -1.93. The zero-order chi connectivity index (χ0) is 16.3. The van der Waals surface area contributed by atoms with Gasteiger partial charge in [0.1, 0.15) is 4.88 Å². The molecule has 0 radical (unpaired) electrons. The number of aromatic nitrogens is 1. The first-order chi connectivity index (χ1) is 10.3. The first kappa shape index (κ1) is 16.8. The molecule has 1 aliphatic rings. The fourth-order valence-corrected chi connectivity index (χ4v) is 3.77. The average Bonchev–Trinajstić information content (AvgIpc) is 2.89. The zero-order valence-corrected chi connectivity index (χ0v) is 14.0. The van der Waals surface area contributed by atoms with Gasteiger partial charge in [0.05, 0.1) is 23.9 Å². The van der Waals surface area contributed by atoms with Crippen LogP contribution in [0.1, 0.15) is 9.67 Å². The molecule has 1 saturated heterocycles. The van der Waals surface area contributed by atoms with Crippen molar-refractivity contribution in [1.29, 1.82) is 0 Å². The third kappa shape index (κ3) is 3.81. The number of carbonyl (C=O) groups excluding carboxylic acids is 2. The van der Waals surface area contributed by atoms with E-state index in [1.807, 2.05) is 0 Å². The summed E-state index contributed by atoms with van der Waals surface area (Å²) < 4.78 is 24.8. The monoisotopic (exact) mass is 346 g/mol. The van der Waals surface area contributed by atoms with E-state index in [-0.39, 0.29) is 38.0 Å². The third-order valence-corrected chi connectivity index (χ3v) is 5.53. The van der Waals surface area contributed by atoms with Crippen LogP contribution in [-0.4, -0.2) is 73.9 Å². The topological polar surface area (TPSA) is 99.7 Å². The molecular formula is C12H18N4O4S2. The molecule has 0 bridgehead atoms. The molecule has 2 rings (SSSR count). The molecule has 0 saturated carbocycles. The lowest BCUT2D eigenvalue weighted by Crippen LogP contribution is -2.42. The molecule has 0 spiro atoms. The van der Waals surface area contributed by atoms with Gasteiger partial charge in [-0.25, -0.2) is 8.42 Å². The van der Waals surface area contributed by atoms with E-state index in [2.05, 4.69) is 10.3 Å². The Morgan fingerprint density at radius 3 is 2.64 bits per heavy atom. The normalized spacial score (nSPS) is 20.5. The molecule has 1 fully saturated rings. The van der Waals surface area contributed by atoms with E-state index in [9.17, 15) is 18.0 Å². The maximum absolute atomic E-state index is 12.4. The van der Waals surface area contributed by atoms with Gasteiger partial charge in [-0.1, -0.05) is 0 Å². The maximum atomic E-state index is 12.4. The van der Waals surface area contributed by atoms with Gasteiger partial charge in [-0.2, -0.15) is 4.31 Å². The Labute approximate surface area is 133 Å². The van der Waals surface area contributed by atoms with Crippen LogP contribution in [-0.2, 0) is 14.8 Å². The van der Waals surface area contributed by atoms with Gasteiger partial charge in [0.2, 0.25) is 15.9 Å². The molecule has 8 nitrogen and oxygen atoms in total. The molecule has 2 heterocycles. The van der Waals surface area contributed by atoms with Crippen molar-refractivity contribution in [3.05, 3.63) is 16.6 Å². The molecule has 22 heavy (non-hydrogen) atoms. The molecular weight excluding hydrogens is 328 g/mol. The average molecular weight is 346 g/mol. The van der Waals surface area contributed by atoms with E-state index < -0.39 is 15.9 Å². The van der Waals surface area contributed by atoms with Gasteiger partial charge in [0.15, 0.2) is 0 Å². The number of hydrogen-bond donors (Lipinski definition) is 1. The minimum absolute atomic E-state index is 0.0744. The Hall–Kier alpha value is -1.52. The van der Waals surface area contributed by atoms with Gasteiger partial charge >= 0.3 is 0 Å². The van der Waals surface area contributed by atoms with Crippen molar-refractivity contribution in [2.75, 3.05) is 39.5 Å². The summed E-state index contributed by atoms with van der Waals surface area (Å²) in [4.78, 5) is 30.2. The Morgan fingerprint density at radius 1 is 1.36 bits per heavy atom. The Kier molecular flexibility index (Phi) is 5.14. The molecule has 1 aliphatic heterocycles. The van der Waals surface area contributed by atoms with Crippen molar-refractivity contribution in [2.24, 2.45) is 5.92 Å². The SMILES string of the molecule is CNC(=O)[C@@H]1CN(C(=O)c2cncs2)CCN(S(C)(=O)=O)C1. The lowest BCUT2D eigenvalue weighted by atomic mass is 10.1. The van der Waals surface area contributed by atoms with Crippen molar-refractivity contribution in [1.82, 2.24) is 19.5 Å². The minimum atomic E-state index is -3.42. The van der Waals surface area contributed by atoms with Gasteiger partial charge < -0.3 is 10.2 Å². The molecule has 1 atom stereocenters. The summed E-state index contributed by atoms with van der Waals surface area (Å²) >= 11 is 1.22. The van der Waals surface area contributed by atoms with Gasteiger partial charge in [-0.05, 0) is 0 Å². The van der Waals surface area contributed by atoms with Gasteiger partial charge in [-0.15, -0.1) is 11.3 Å². The van der Waals surface area contributed by atoms with Crippen molar-refractivity contribution in [3.8, 4) is 0 Å². The van der Waals surface area contributed by atoms with Crippen LogP contribution in [0.15, 0.2) is 11.7 Å². The predicted molar refractivity (Wildman–Crippen MR) is 82.0 cm³/mol. The Balaban J connectivity index is 2.23. The Morgan fingerprint density at radius 2 is 2.09 bits per heavy atom. The number of nitrogens with zero attached hydrogens (tertiary/aromatic N) is 3. The highest BCUT2D eigenvalue weighted by atomic mass is 32.2. The van der Waals surface area contributed by atoms with Crippen LogP contribution in [0.3, 0.4) is 0 Å². The second-order valence-electron chi connectivity index (χ2n) is 5.05. The first-order valence-corrected chi connectivity index (χ1v) is 9.40. The summed E-state index contributed by atoms with van der Waals surface area (Å²) in [5.41, 5.74) is 1.56. The molecule has 1 aromatic heterocycles. The molecule has 1 aromatic rings. The smallest absolute Gasteiger partial charge is 0.265 e. The summed E-state index contributed by atoms with van der Waals surface area (Å²) in [6.07, 6.45) is 2.58. The van der Waals surface area contributed by atoms with Gasteiger partial charge in [0.25, 0.3) is 5.91 Å². The summed E-state index contributed by atoms with van der Waals surface area (Å²) in [6, 6.07) is 0. The van der Waals surface area contributed by atoms with Crippen LogP contribution in [0.5, 0.6) is 0 Å². The van der Waals surface area contributed by atoms with Crippen molar-refractivity contribution in [3.63, 3.8) is 0 Å². The van der Waals surface area contributed by atoms with E-state index in [0.717, 1.165) is 6.26 Å². The predicted octanol–water partition coefficient (Wildman–Crippen LogP) is -0.777. The van der Waals surface area contributed by atoms with Crippen LogP contribution in [0.25, 0.3) is 0 Å². The van der Waals surface area contributed by atoms with Crippen LogP contribution in [0.4, 0.5) is 0 Å². The van der Waals surface area contributed by atoms with Crippen LogP contribution < -0.4 is 5.32 Å². The fourth-order valence-electron chi connectivity index (χ4n) is 2.32. The molecule has 0 aromatic carbocycles. The number of amides is 2. The second kappa shape index (κ2) is 6.71. The number of carbonyl (C=O) groups is 2. The van der Waals surface area contributed by atoms with Gasteiger partial charge in [-0.3, -0.25) is 14.6 Å². The maximum Gasteiger partial charge on any atom is 0.265 e. The van der Waals surface area contributed by atoms with Crippen molar-refractivity contribution >= 4 is 33.2 Å². The summed E-state index contributed by atoms with van der Waals surface area (Å²) in [6.45, 7) is 0.682. The quantitative estimate of drug-likeness (QED) is 0.774. The number of thiazole rings is 1. The van der Waals surface area contributed by atoms with E-state index in [0.29, 0.717) is 4.88 Å². The third-order valence-electron chi connectivity index (χ3n) is 3.50. The fraction of sp³-hybridized carbons (Fsp3) is 0.583. The van der Waals surface area contributed by atoms with Crippen LogP contribution in [0.2, 0.25) is 0 Å². The van der Waals surface area contributed by atoms with Crippen LogP contribution in [0, 0.1) is 5.92 Å². The van der Waals surface area contributed by atoms with E-state index in [1.54, 1.807) is 5.51 Å². The van der Waals surface area contributed by atoms with E-state index >= 15 is 0 Å². The summed E-state index contributed by atoms with van der Waals surface area (Å²) in [5.74, 6) is -1.11. The highest BCUT2D eigenvalue weighted by molar-refractivity contribution is 7.88. The lowest BCUT2D eigenvalue weighted by molar-refractivity contribution is -0.124. The second-order valence-corrected chi connectivity index (χ2v) is 7.92. The number of sulfonamides is 1. The number of hydrogen-bond acceptors (Lipinski definition) is 6. The number of rotatable bonds is 3. The molecule has 10 heteroatoms. The van der Waals surface area contributed by atoms with E-state index in [4.69, 9.17) is 0 Å².